The van der Waals surface area contributed by atoms with Gasteiger partial charge < -0.3 is 42.6 Å². The Morgan fingerprint density at radius 1 is 0.673 bits per heavy atom. The summed E-state index contributed by atoms with van der Waals surface area (Å²) in [6.07, 6.45) is -6.75. The third kappa shape index (κ3) is 10.7. The highest BCUT2D eigenvalue weighted by molar-refractivity contribution is 5.67. The molecule has 49 heavy (non-hydrogen) atoms. The molecule has 0 bridgehead atoms. The van der Waals surface area contributed by atoms with E-state index in [1.54, 1.807) is 14.0 Å². The van der Waals surface area contributed by atoms with E-state index in [-0.39, 0.29) is 26.2 Å². The van der Waals surface area contributed by atoms with Crippen LogP contribution in [0.3, 0.4) is 0 Å². The lowest BCUT2D eigenvalue weighted by Crippen LogP contribution is -2.63. The molecule has 9 atom stereocenters. The molecular weight excluding hydrogens is 632 g/mol. The monoisotopic (exact) mass is 678 g/mol. The van der Waals surface area contributed by atoms with E-state index in [2.05, 4.69) is 0 Å². The third-order valence-electron chi connectivity index (χ3n) is 8.34. The topological polar surface area (TPSA) is 117 Å². The molecule has 5 rings (SSSR count). The van der Waals surface area contributed by atoms with Gasteiger partial charge in [-0.3, -0.25) is 9.59 Å². The van der Waals surface area contributed by atoms with E-state index in [4.69, 9.17) is 42.6 Å². The molecule has 264 valence electrons. The molecule has 2 fully saturated rings. The second-order valence-electron chi connectivity index (χ2n) is 12.1. The Balaban J connectivity index is 1.43. The molecule has 2 aliphatic heterocycles. The van der Waals surface area contributed by atoms with Crippen LogP contribution in [-0.4, -0.2) is 81.0 Å². The summed E-state index contributed by atoms with van der Waals surface area (Å²) in [6.45, 7) is 5.38. The lowest BCUT2D eigenvalue weighted by atomic mass is 9.97. The first-order valence-electron chi connectivity index (χ1n) is 16.6. The first-order valence-corrected chi connectivity index (χ1v) is 16.6. The van der Waals surface area contributed by atoms with E-state index < -0.39 is 67.2 Å². The van der Waals surface area contributed by atoms with Gasteiger partial charge in [-0.1, -0.05) is 91.0 Å². The molecule has 3 aromatic carbocycles. The van der Waals surface area contributed by atoms with E-state index in [9.17, 15) is 9.59 Å². The van der Waals surface area contributed by atoms with E-state index in [1.165, 1.54) is 13.8 Å². The van der Waals surface area contributed by atoms with Crippen molar-refractivity contribution in [2.24, 2.45) is 0 Å². The van der Waals surface area contributed by atoms with Crippen molar-refractivity contribution in [1.29, 1.82) is 0 Å². The van der Waals surface area contributed by atoms with Crippen molar-refractivity contribution in [3.05, 3.63) is 108 Å². The van der Waals surface area contributed by atoms with Gasteiger partial charge in [0.25, 0.3) is 0 Å². The van der Waals surface area contributed by atoms with Gasteiger partial charge in [-0.15, -0.1) is 0 Å². The van der Waals surface area contributed by atoms with Gasteiger partial charge in [-0.25, -0.2) is 0 Å². The van der Waals surface area contributed by atoms with E-state index in [1.807, 2.05) is 91.0 Å². The lowest BCUT2D eigenvalue weighted by molar-refractivity contribution is -0.351. The molecule has 3 aromatic rings. The Morgan fingerprint density at radius 3 is 1.73 bits per heavy atom. The average molecular weight is 679 g/mol. The number of carbonyl (C=O) groups is 2. The van der Waals surface area contributed by atoms with Crippen molar-refractivity contribution in [2.75, 3.05) is 13.7 Å². The highest BCUT2D eigenvalue weighted by Gasteiger charge is 2.51. The Hall–Kier alpha value is -3.68. The summed E-state index contributed by atoms with van der Waals surface area (Å²) < 4.78 is 55.8. The molecule has 11 heteroatoms. The second kappa shape index (κ2) is 18.4. The maximum atomic E-state index is 12.1. The van der Waals surface area contributed by atoms with Crippen LogP contribution in [0.15, 0.2) is 91.0 Å². The molecule has 0 N–H and O–H groups in total. The van der Waals surface area contributed by atoms with Crippen LogP contribution in [0.2, 0.25) is 0 Å². The van der Waals surface area contributed by atoms with Gasteiger partial charge >= 0.3 is 11.9 Å². The predicted molar refractivity (Wildman–Crippen MR) is 177 cm³/mol. The first kappa shape index (κ1) is 36.6. The normalized spacial score (nSPS) is 28.4. The number of esters is 2. The largest absolute Gasteiger partial charge is 0.458 e. The number of hydrogen-bond acceptors (Lipinski definition) is 11. The zero-order chi connectivity index (χ0) is 34.6. The number of rotatable bonds is 15. The zero-order valence-corrected chi connectivity index (χ0v) is 28.4. The number of hydrogen-bond donors (Lipinski definition) is 0. The SMILES string of the molecule is CO[C@H]1OC(COCc2ccccc2)[C@@H](O[C@H]2C[C@@H](OC(C)=O)[C@H](OC(C)=O)C(C)O2)C(OCc2ccccc2)C1OCc1ccccc1. The minimum Gasteiger partial charge on any atom is -0.458 e. The van der Waals surface area contributed by atoms with Gasteiger partial charge in [0, 0.05) is 27.4 Å². The smallest absolute Gasteiger partial charge is 0.303 e. The third-order valence-corrected chi connectivity index (χ3v) is 8.34. The van der Waals surface area contributed by atoms with E-state index >= 15 is 0 Å². The maximum Gasteiger partial charge on any atom is 0.303 e. The fraction of sp³-hybridized carbons (Fsp3) is 0.474. The van der Waals surface area contributed by atoms with Crippen molar-refractivity contribution >= 4 is 11.9 Å². The fourth-order valence-corrected chi connectivity index (χ4v) is 6.09. The average Bonchev–Trinajstić information content (AvgIpc) is 3.10. The van der Waals surface area contributed by atoms with Crippen molar-refractivity contribution in [2.45, 2.75) is 102 Å². The summed E-state index contributed by atoms with van der Waals surface area (Å²) in [5, 5.41) is 0. The van der Waals surface area contributed by atoms with Crippen LogP contribution in [-0.2, 0) is 72.0 Å². The minimum absolute atomic E-state index is 0.102. The summed E-state index contributed by atoms with van der Waals surface area (Å²) in [6, 6.07) is 29.4. The highest BCUT2D eigenvalue weighted by Crippen LogP contribution is 2.34. The molecule has 11 nitrogen and oxygen atoms in total. The van der Waals surface area contributed by atoms with E-state index in [0.717, 1.165) is 16.7 Å². The molecule has 4 unspecified atom stereocenters. The van der Waals surface area contributed by atoms with Gasteiger partial charge in [-0.2, -0.15) is 0 Å². The molecule has 2 heterocycles. The van der Waals surface area contributed by atoms with E-state index in [0.29, 0.717) is 6.61 Å². The summed E-state index contributed by atoms with van der Waals surface area (Å²) >= 11 is 0. The summed E-state index contributed by atoms with van der Waals surface area (Å²) in [5.74, 6) is -1.02. The van der Waals surface area contributed by atoms with Crippen molar-refractivity contribution in [3.63, 3.8) is 0 Å². The van der Waals surface area contributed by atoms with Crippen LogP contribution in [0.4, 0.5) is 0 Å². The molecule has 2 aliphatic rings. The number of methoxy groups -OCH3 is 1. The van der Waals surface area contributed by atoms with Crippen molar-refractivity contribution in [1.82, 2.24) is 0 Å². The van der Waals surface area contributed by atoms with Crippen LogP contribution in [0.1, 0.15) is 43.9 Å². The summed E-state index contributed by atoms with van der Waals surface area (Å²) in [5.41, 5.74) is 2.93. The van der Waals surface area contributed by atoms with Crippen LogP contribution in [0.25, 0.3) is 0 Å². The van der Waals surface area contributed by atoms with Gasteiger partial charge in [0.1, 0.15) is 30.5 Å². The van der Waals surface area contributed by atoms with Crippen LogP contribution in [0.5, 0.6) is 0 Å². The second-order valence-corrected chi connectivity index (χ2v) is 12.1. The van der Waals surface area contributed by atoms with Gasteiger partial charge in [0.15, 0.2) is 18.7 Å². The molecular formula is C38H46O11. The Bertz CT molecular complexity index is 1420. The standard InChI is InChI=1S/C38H46O11/c1-25-34(47-27(3)40)31(46-26(2)39)20-33(45-25)49-35-32(24-42-21-28-14-8-5-9-15-28)48-38(41-4)37(44-23-30-18-12-7-13-19-30)36(35)43-22-29-16-10-6-11-17-29/h5-19,25,31-38H,20-24H2,1-4H3/t25?,31-,32?,33+,34-,35-,36?,37?,38+/m1/s1. The zero-order valence-electron chi connectivity index (χ0n) is 28.4. The minimum atomic E-state index is -0.881. The number of carbonyl (C=O) groups excluding carboxylic acids is 2. The lowest BCUT2D eigenvalue weighted by Gasteiger charge is -2.47. The maximum absolute atomic E-state index is 12.1. The van der Waals surface area contributed by atoms with Gasteiger partial charge in [-0.05, 0) is 23.6 Å². The van der Waals surface area contributed by atoms with Crippen LogP contribution >= 0.6 is 0 Å². The highest BCUT2D eigenvalue weighted by atomic mass is 16.7. The molecule has 0 aliphatic carbocycles. The molecule has 0 amide bonds. The molecule has 0 saturated carbocycles. The van der Waals surface area contributed by atoms with Gasteiger partial charge in [0.05, 0.1) is 32.5 Å². The Morgan fingerprint density at radius 2 is 1.20 bits per heavy atom. The Labute approximate surface area is 287 Å². The predicted octanol–water partition coefficient (Wildman–Crippen LogP) is 5.13. The molecule has 2 saturated heterocycles. The molecule has 0 spiro atoms. The quantitative estimate of drug-likeness (QED) is 0.199. The summed E-state index contributed by atoms with van der Waals surface area (Å²) in [4.78, 5) is 24.0. The van der Waals surface area contributed by atoms with Gasteiger partial charge in [0.2, 0.25) is 0 Å². The van der Waals surface area contributed by atoms with Crippen LogP contribution in [0, 0.1) is 0 Å². The summed E-state index contributed by atoms with van der Waals surface area (Å²) in [7, 11) is 1.56. The molecule has 0 aromatic heterocycles. The first-order chi connectivity index (χ1) is 23.8. The number of benzene rings is 3. The van der Waals surface area contributed by atoms with Crippen LogP contribution < -0.4 is 0 Å². The van der Waals surface area contributed by atoms with Crippen molar-refractivity contribution in [3.8, 4) is 0 Å². The van der Waals surface area contributed by atoms with Crippen molar-refractivity contribution < 1.29 is 52.2 Å². The number of ether oxygens (including phenoxy) is 9. The fourth-order valence-electron chi connectivity index (χ4n) is 6.09. The molecule has 0 radical (unpaired) electrons. The Kier molecular flexibility index (Phi) is 13.7.